The van der Waals surface area contributed by atoms with Crippen LogP contribution in [0.4, 0.5) is 0 Å². The van der Waals surface area contributed by atoms with Crippen molar-refractivity contribution in [3.8, 4) is 0 Å². The van der Waals surface area contributed by atoms with Crippen LogP contribution in [0.25, 0.3) is 0 Å². The molecule has 0 radical (unpaired) electrons. The molecule has 0 aromatic heterocycles. The number of rotatable bonds is 7. The summed E-state index contributed by atoms with van der Waals surface area (Å²) in [7, 11) is 0. The molecule has 0 aliphatic rings. The van der Waals surface area contributed by atoms with Gasteiger partial charge in [0.25, 0.3) is 0 Å². The second-order valence-electron chi connectivity index (χ2n) is 3.42. The van der Waals surface area contributed by atoms with Crippen molar-refractivity contribution in [3.63, 3.8) is 0 Å². The second-order valence-corrected chi connectivity index (χ2v) is 3.42. The lowest BCUT2D eigenvalue weighted by molar-refractivity contribution is -0.129. The zero-order valence-corrected chi connectivity index (χ0v) is 9.37. The third-order valence-electron chi connectivity index (χ3n) is 2.12. The van der Waals surface area contributed by atoms with E-state index in [-0.39, 0.29) is 5.71 Å². The van der Waals surface area contributed by atoms with E-state index >= 15 is 0 Å². The van der Waals surface area contributed by atoms with Crippen LogP contribution in [0.2, 0.25) is 0 Å². The van der Waals surface area contributed by atoms with Gasteiger partial charge in [0.1, 0.15) is 6.61 Å². The summed E-state index contributed by atoms with van der Waals surface area (Å²) in [5.74, 6) is -1.27. The number of carbonyl (C=O) groups is 1. The predicted octanol–water partition coefficient (Wildman–Crippen LogP) is 1.07. The highest BCUT2D eigenvalue weighted by Crippen LogP contribution is 2.02. The van der Waals surface area contributed by atoms with E-state index in [1.807, 2.05) is 30.3 Å². The summed E-state index contributed by atoms with van der Waals surface area (Å²) < 4.78 is 0. The molecule has 0 spiro atoms. The van der Waals surface area contributed by atoms with Crippen molar-refractivity contribution >= 4 is 11.7 Å². The average Bonchev–Trinajstić information content (AvgIpc) is 2.34. The van der Waals surface area contributed by atoms with Gasteiger partial charge in [-0.15, -0.1) is 0 Å². The number of carboxylic acid groups (broad SMARTS) is 1. The molecule has 0 fully saturated rings. The number of aliphatic carboxylic acids is 1. The minimum absolute atomic E-state index is 0.325. The molecule has 0 saturated carbocycles. The first-order valence-corrected chi connectivity index (χ1v) is 5.31. The molecule has 17 heavy (non-hydrogen) atoms. The Morgan fingerprint density at radius 3 is 2.59 bits per heavy atom. The Kier molecular flexibility index (Phi) is 5.74. The van der Waals surface area contributed by atoms with Crippen LogP contribution in [0.1, 0.15) is 12.0 Å². The first-order chi connectivity index (χ1) is 8.24. The Hall–Kier alpha value is -1.88. The lowest BCUT2D eigenvalue weighted by Gasteiger charge is -2.01. The number of hydrogen-bond donors (Lipinski definition) is 2. The maximum absolute atomic E-state index is 10.4. The van der Waals surface area contributed by atoms with Crippen LogP contribution in [0.5, 0.6) is 0 Å². The van der Waals surface area contributed by atoms with Crippen molar-refractivity contribution < 1.29 is 19.8 Å². The molecule has 0 aliphatic heterocycles. The lowest BCUT2D eigenvalue weighted by atomic mass is 10.1. The minimum atomic E-state index is -1.27. The molecule has 5 nitrogen and oxygen atoms in total. The molecular formula is C12H15NO4. The summed E-state index contributed by atoms with van der Waals surface area (Å²) in [5, 5.41) is 20.5. The summed E-state index contributed by atoms with van der Waals surface area (Å²) in [5.41, 5.74) is 0.811. The standard InChI is InChI=1S/C12H15NO4/c14-9-11(12(15)16)13-17-8-4-7-10-5-2-1-3-6-10/h1-3,5-6,14H,4,7-9H2,(H,15,16). The van der Waals surface area contributed by atoms with Gasteiger partial charge in [-0.05, 0) is 18.4 Å². The Bertz CT molecular complexity index is 375. The number of aliphatic hydroxyl groups excluding tert-OH is 1. The van der Waals surface area contributed by atoms with Crippen molar-refractivity contribution in [3.05, 3.63) is 35.9 Å². The SMILES string of the molecule is O=C(O)C(CO)=NOCCCc1ccccc1. The number of carboxylic acids is 1. The van der Waals surface area contributed by atoms with E-state index < -0.39 is 12.6 Å². The number of nitrogens with zero attached hydrogens (tertiary/aromatic N) is 1. The van der Waals surface area contributed by atoms with Gasteiger partial charge in [-0.2, -0.15) is 0 Å². The zero-order chi connectivity index (χ0) is 12.5. The summed E-state index contributed by atoms with van der Waals surface area (Å²) in [4.78, 5) is 15.3. The van der Waals surface area contributed by atoms with E-state index in [1.54, 1.807) is 0 Å². The van der Waals surface area contributed by atoms with Crippen LogP contribution in [-0.2, 0) is 16.1 Å². The Labute approximate surface area is 99.3 Å². The number of hydrogen-bond acceptors (Lipinski definition) is 4. The molecule has 1 aromatic carbocycles. The third kappa shape index (κ3) is 5.12. The van der Waals surface area contributed by atoms with Gasteiger partial charge in [0, 0.05) is 0 Å². The van der Waals surface area contributed by atoms with Crippen molar-refractivity contribution in [2.45, 2.75) is 12.8 Å². The van der Waals surface area contributed by atoms with Crippen LogP contribution in [0, 0.1) is 0 Å². The molecule has 0 atom stereocenters. The van der Waals surface area contributed by atoms with Crippen molar-refractivity contribution in [2.75, 3.05) is 13.2 Å². The largest absolute Gasteiger partial charge is 0.477 e. The van der Waals surface area contributed by atoms with Crippen LogP contribution in [0.3, 0.4) is 0 Å². The van der Waals surface area contributed by atoms with E-state index in [2.05, 4.69) is 5.16 Å². The predicted molar refractivity (Wildman–Crippen MR) is 62.9 cm³/mol. The summed E-state index contributed by atoms with van der Waals surface area (Å²) in [6.07, 6.45) is 1.59. The molecule has 5 heteroatoms. The highest BCUT2D eigenvalue weighted by molar-refractivity contribution is 6.35. The van der Waals surface area contributed by atoms with Gasteiger partial charge in [0.05, 0.1) is 6.61 Å². The fourth-order valence-electron chi connectivity index (χ4n) is 1.24. The molecule has 2 N–H and O–H groups in total. The number of aliphatic hydroxyl groups is 1. The maximum atomic E-state index is 10.4. The normalized spacial score (nSPS) is 11.2. The van der Waals surface area contributed by atoms with Gasteiger partial charge in [-0.3, -0.25) is 0 Å². The highest BCUT2D eigenvalue weighted by Gasteiger charge is 2.07. The van der Waals surface area contributed by atoms with Crippen LogP contribution in [-0.4, -0.2) is 35.1 Å². The van der Waals surface area contributed by atoms with Crippen LogP contribution < -0.4 is 0 Å². The molecule has 0 bridgehead atoms. The highest BCUT2D eigenvalue weighted by atomic mass is 16.6. The molecule has 0 heterocycles. The van der Waals surface area contributed by atoms with E-state index in [1.165, 1.54) is 5.56 Å². The minimum Gasteiger partial charge on any atom is -0.477 e. The van der Waals surface area contributed by atoms with Gasteiger partial charge >= 0.3 is 5.97 Å². The summed E-state index contributed by atoms with van der Waals surface area (Å²) >= 11 is 0. The number of benzene rings is 1. The Morgan fingerprint density at radius 1 is 1.29 bits per heavy atom. The molecule has 0 amide bonds. The van der Waals surface area contributed by atoms with Gasteiger partial charge < -0.3 is 15.1 Å². The fraction of sp³-hybridized carbons (Fsp3) is 0.333. The van der Waals surface area contributed by atoms with E-state index in [4.69, 9.17) is 15.1 Å². The molecular weight excluding hydrogens is 222 g/mol. The Balaban J connectivity index is 2.23. The third-order valence-corrected chi connectivity index (χ3v) is 2.12. The van der Waals surface area contributed by atoms with Crippen molar-refractivity contribution in [2.24, 2.45) is 5.16 Å². The molecule has 0 saturated heterocycles. The van der Waals surface area contributed by atoms with E-state index in [9.17, 15) is 4.79 Å². The summed E-state index contributed by atoms with van der Waals surface area (Å²) in [6, 6.07) is 9.90. The first kappa shape index (κ1) is 13.2. The first-order valence-electron chi connectivity index (χ1n) is 5.31. The quantitative estimate of drug-likeness (QED) is 0.422. The molecule has 0 unspecified atom stereocenters. The van der Waals surface area contributed by atoms with Crippen molar-refractivity contribution in [1.29, 1.82) is 0 Å². The van der Waals surface area contributed by atoms with Gasteiger partial charge in [0.15, 0.2) is 5.71 Å². The lowest BCUT2D eigenvalue weighted by Crippen LogP contribution is -2.17. The van der Waals surface area contributed by atoms with Gasteiger partial charge in [-0.1, -0.05) is 35.5 Å². The summed E-state index contributed by atoms with van der Waals surface area (Å²) in [6.45, 7) is -0.306. The van der Waals surface area contributed by atoms with Gasteiger partial charge in [-0.25, -0.2) is 4.79 Å². The molecule has 1 aromatic rings. The molecule has 0 aliphatic carbocycles. The number of aryl methyl sites for hydroxylation is 1. The number of oxime groups is 1. The topological polar surface area (TPSA) is 79.1 Å². The van der Waals surface area contributed by atoms with Crippen LogP contribution in [0.15, 0.2) is 35.5 Å². The second kappa shape index (κ2) is 7.40. The smallest absolute Gasteiger partial charge is 0.356 e. The fourth-order valence-corrected chi connectivity index (χ4v) is 1.24. The van der Waals surface area contributed by atoms with E-state index in [0.717, 1.165) is 12.8 Å². The van der Waals surface area contributed by atoms with E-state index in [0.29, 0.717) is 6.61 Å². The zero-order valence-electron chi connectivity index (χ0n) is 9.37. The Morgan fingerprint density at radius 2 is 2.00 bits per heavy atom. The molecule has 1 rings (SSSR count). The van der Waals surface area contributed by atoms with Crippen LogP contribution >= 0.6 is 0 Å². The average molecular weight is 237 g/mol. The maximum Gasteiger partial charge on any atom is 0.356 e. The monoisotopic (exact) mass is 237 g/mol. The molecule has 92 valence electrons. The van der Waals surface area contributed by atoms with Crippen molar-refractivity contribution in [1.82, 2.24) is 0 Å². The van der Waals surface area contributed by atoms with Gasteiger partial charge in [0.2, 0.25) is 0 Å².